The van der Waals surface area contributed by atoms with Crippen molar-refractivity contribution in [1.29, 1.82) is 0 Å². The topological polar surface area (TPSA) is 59.4 Å². The second-order valence-corrected chi connectivity index (χ2v) is 2.76. The van der Waals surface area contributed by atoms with Crippen LogP contribution >= 0.6 is 0 Å². The summed E-state index contributed by atoms with van der Waals surface area (Å²) in [5, 5.41) is 9.35. The van der Waals surface area contributed by atoms with Gasteiger partial charge in [0.05, 0.1) is 13.5 Å². The van der Waals surface area contributed by atoms with Crippen molar-refractivity contribution in [3.05, 3.63) is 23.5 Å². The molecule has 1 N–H and O–H groups in total. The molecule has 6 heteroatoms. The van der Waals surface area contributed by atoms with Crippen molar-refractivity contribution >= 4 is 5.97 Å². The van der Waals surface area contributed by atoms with Crippen LogP contribution in [0.3, 0.4) is 0 Å². The number of aromatic hydroxyl groups is 1. The summed E-state index contributed by atoms with van der Waals surface area (Å²) in [7, 11) is 1.18. The van der Waals surface area contributed by atoms with Crippen LogP contribution in [0.5, 0.6) is 5.75 Å². The van der Waals surface area contributed by atoms with Gasteiger partial charge in [0.15, 0.2) is 0 Å². The van der Waals surface area contributed by atoms with Gasteiger partial charge in [-0.15, -0.1) is 0 Å². The fraction of sp³-hybridized carbons (Fsp3) is 0.333. The number of ether oxygens (including phenoxy) is 1. The summed E-state index contributed by atoms with van der Waals surface area (Å²) in [6, 6.07) is 1.29. The summed E-state index contributed by atoms with van der Waals surface area (Å²) in [5.41, 5.74) is -0.649. The van der Waals surface area contributed by atoms with E-state index in [-0.39, 0.29) is 12.0 Å². The largest absolute Gasteiger partial charge is 0.506 e. The van der Waals surface area contributed by atoms with E-state index in [0.717, 1.165) is 6.20 Å². The lowest BCUT2D eigenvalue weighted by Gasteiger charge is -2.06. The average molecular weight is 217 g/mol. The van der Waals surface area contributed by atoms with E-state index < -0.39 is 23.8 Å². The first-order valence-corrected chi connectivity index (χ1v) is 4.08. The second kappa shape index (κ2) is 4.68. The van der Waals surface area contributed by atoms with Gasteiger partial charge in [0.1, 0.15) is 11.4 Å². The Kier molecular flexibility index (Phi) is 3.54. The highest BCUT2D eigenvalue weighted by Crippen LogP contribution is 2.29. The molecule has 1 aromatic heterocycles. The van der Waals surface area contributed by atoms with Gasteiger partial charge in [0.25, 0.3) is 6.43 Å². The van der Waals surface area contributed by atoms with Crippen molar-refractivity contribution in [3.63, 3.8) is 0 Å². The van der Waals surface area contributed by atoms with Crippen molar-refractivity contribution in [2.24, 2.45) is 0 Å². The minimum absolute atomic E-state index is 0.0761. The molecule has 0 atom stereocenters. The number of carbonyl (C=O) groups is 1. The number of alkyl halides is 2. The number of hydrogen-bond acceptors (Lipinski definition) is 4. The van der Waals surface area contributed by atoms with E-state index in [1.165, 1.54) is 13.2 Å². The predicted octanol–water partition coefficient (Wildman–Crippen LogP) is 1.44. The van der Waals surface area contributed by atoms with Gasteiger partial charge in [-0.1, -0.05) is 0 Å². The van der Waals surface area contributed by atoms with Crippen LogP contribution in [0.1, 0.15) is 17.7 Å². The molecule has 82 valence electrons. The highest BCUT2D eigenvalue weighted by Gasteiger charge is 2.18. The lowest BCUT2D eigenvalue weighted by molar-refractivity contribution is -0.139. The molecule has 0 bridgehead atoms. The lowest BCUT2D eigenvalue weighted by Crippen LogP contribution is -2.06. The normalized spacial score (nSPS) is 10.4. The zero-order valence-electron chi connectivity index (χ0n) is 7.91. The van der Waals surface area contributed by atoms with E-state index in [1.54, 1.807) is 0 Å². The minimum atomic E-state index is -2.87. The van der Waals surface area contributed by atoms with Gasteiger partial charge in [-0.2, -0.15) is 0 Å². The van der Waals surface area contributed by atoms with E-state index in [1.807, 2.05) is 0 Å². The monoisotopic (exact) mass is 217 g/mol. The Balaban J connectivity index is 2.99. The molecule has 0 aliphatic heterocycles. The molecule has 0 amide bonds. The molecular weight excluding hydrogens is 208 g/mol. The molecule has 1 heterocycles. The number of carbonyl (C=O) groups excluding carboxylic acids is 1. The molecular formula is C9H9F2NO3. The highest BCUT2D eigenvalue weighted by atomic mass is 19.3. The van der Waals surface area contributed by atoms with Crippen LogP contribution in [-0.2, 0) is 16.0 Å². The third-order valence-corrected chi connectivity index (χ3v) is 1.81. The molecule has 0 aromatic carbocycles. The fourth-order valence-electron chi connectivity index (χ4n) is 1.04. The molecule has 0 saturated carbocycles. The van der Waals surface area contributed by atoms with Crippen molar-refractivity contribution in [3.8, 4) is 5.75 Å². The zero-order valence-corrected chi connectivity index (χ0v) is 7.91. The van der Waals surface area contributed by atoms with Gasteiger partial charge in [0.2, 0.25) is 0 Å². The number of rotatable bonds is 3. The molecule has 0 aliphatic carbocycles. The Bertz CT molecular complexity index is 368. The first kappa shape index (κ1) is 11.4. The number of esters is 1. The predicted molar refractivity (Wildman–Crippen MR) is 46.6 cm³/mol. The van der Waals surface area contributed by atoms with Crippen LogP contribution in [0, 0.1) is 0 Å². The van der Waals surface area contributed by atoms with Crippen LogP contribution in [0.4, 0.5) is 8.78 Å². The van der Waals surface area contributed by atoms with E-state index in [4.69, 9.17) is 0 Å². The van der Waals surface area contributed by atoms with E-state index in [9.17, 15) is 18.7 Å². The van der Waals surface area contributed by atoms with Crippen molar-refractivity contribution in [1.82, 2.24) is 4.98 Å². The third-order valence-electron chi connectivity index (χ3n) is 1.81. The Hall–Kier alpha value is -1.72. The van der Waals surface area contributed by atoms with Crippen molar-refractivity contribution in [2.45, 2.75) is 12.8 Å². The molecule has 1 rings (SSSR count). The molecule has 1 aromatic rings. The number of nitrogens with zero attached hydrogens (tertiary/aromatic N) is 1. The zero-order chi connectivity index (χ0) is 11.4. The summed E-state index contributed by atoms with van der Waals surface area (Å²) >= 11 is 0. The van der Waals surface area contributed by atoms with Gasteiger partial charge >= 0.3 is 5.97 Å². The standard InChI is InChI=1S/C9H9F2NO3/c1-15-6(13)4-5-2-3-12-7(8(5)14)9(10)11/h2-3,9,14H,4H2,1H3. The van der Waals surface area contributed by atoms with Crippen molar-refractivity contribution < 1.29 is 23.4 Å². The molecule has 0 radical (unpaired) electrons. The van der Waals surface area contributed by atoms with Gasteiger partial charge in [-0.25, -0.2) is 8.78 Å². The molecule has 4 nitrogen and oxygen atoms in total. The first-order valence-electron chi connectivity index (χ1n) is 4.08. The summed E-state index contributed by atoms with van der Waals surface area (Å²) in [5.74, 6) is -1.27. The SMILES string of the molecule is COC(=O)Cc1ccnc(C(F)F)c1O. The van der Waals surface area contributed by atoms with Crippen LogP contribution in [0.2, 0.25) is 0 Å². The number of methoxy groups -OCH3 is 1. The summed E-state index contributed by atoms with van der Waals surface area (Å²) in [4.78, 5) is 14.2. The smallest absolute Gasteiger partial charge is 0.310 e. The fourth-order valence-corrected chi connectivity index (χ4v) is 1.04. The lowest BCUT2D eigenvalue weighted by atomic mass is 10.1. The number of pyridine rings is 1. The third kappa shape index (κ3) is 2.61. The Morgan fingerprint density at radius 3 is 2.87 bits per heavy atom. The Morgan fingerprint density at radius 1 is 1.67 bits per heavy atom. The quantitative estimate of drug-likeness (QED) is 0.778. The van der Waals surface area contributed by atoms with Crippen LogP contribution in [0.25, 0.3) is 0 Å². The summed E-state index contributed by atoms with van der Waals surface area (Å²) < 4.78 is 28.9. The minimum Gasteiger partial charge on any atom is -0.506 e. The van der Waals surface area contributed by atoms with Crippen LogP contribution in [-0.4, -0.2) is 23.2 Å². The van der Waals surface area contributed by atoms with Gasteiger partial charge in [0, 0.05) is 11.8 Å². The molecule has 0 aliphatic rings. The first-order chi connectivity index (χ1) is 7.06. The van der Waals surface area contributed by atoms with Gasteiger partial charge in [-0.3, -0.25) is 9.78 Å². The number of aromatic nitrogens is 1. The molecule has 0 fully saturated rings. The maximum atomic E-state index is 12.3. The van der Waals surface area contributed by atoms with E-state index >= 15 is 0 Å². The van der Waals surface area contributed by atoms with Gasteiger partial charge in [-0.05, 0) is 6.07 Å². The van der Waals surface area contributed by atoms with Crippen LogP contribution < -0.4 is 0 Å². The molecule has 0 saturated heterocycles. The Morgan fingerprint density at radius 2 is 2.33 bits per heavy atom. The van der Waals surface area contributed by atoms with E-state index in [2.05, 4.69) is 9.72 Å². The summed E-state index contributed by atoms with van der Waals surface area (Å²) in [6.07, 6.45) is -2.02. The number of halogens is 2. The van der Waals surface area contributed by atoms with Gasteiger partial charge < -0.3 is 9.84 Å². The highest BCUT2D eigenvalue weighted by molar-refractivity contribution is 5.73. The number of hydrogen-bond donors (Lipinski definition) is 1. The maximum Gasteiger partial charge on any atom is 0.310 e. The second-order valence-electron chi connectivity index (χ2n) is 2.76. The molecule has 0 unspecified atom stereocenters. The maximum absolute atomic E-state index is 12.3. The van der Waals surface area contributed by atoms with E-state index in [0.29, 0.717) is 0 Å². The molecule has 0 spiro atoms. The van der Waals surface area contributed by atoms with Crippen LogP contribution in [0.15, 0.2) is 12.3 Å². The summed E-state index contributed by atoms with van der Waals surface area (Å²) in [6.45, 7) is 0. The average Bonchev–Trinajstić information content (AvgIpc) is 2.20. The van der Waals surface area contributed by atoms with Crippen molar-refractivity contribution in [2.75, 3.05) is 7.11 Å². The Labute approximate surface area is 84.5 Å². The molecule has 15 heavy (non-hydrogen) atoms.